The van der Waals surface area contributed by atoms with Gasteiger partial charge >= 0.3 is 6.18 Å². The predicted octanol–water partition coefficient (Wildman–Crippen LogP) is 3.79. The number of hydrogen-bond donors (Lipinski definition) is 2. The van der Waals surface area contributed by atoms with Crippen LogP contribution in [0.15, 0.2) is 48.8 Å². The molecule has 2 amide bonds. The Bertz CT molecular complexity index is 1640. The summed E-state index contributed by atoms with van der Waals surface area (Å²) in [7, 11) is 2.52. The van der Waals surface area contributed by atoms with Crippen molar-refractivity contribution in [2.24, 2.45) is 7.05 Å². The van der Waals surface area contributed by atoms with E-state index in [0.717, 1.165) is 17.5 Å². The predicted molar refractivity (Wildman–Crippen MR) is 136 cm³/mol. The molecule has 0 saturated carbocycles. The van der Waals surface area contributed by atoms with E-state index in [1.54, 1.807) is 18.2 Å². The smallest absolute Gasteiger partial charge is 0.451 e. The Morgan fingerprint density at radius 1 is 1.07 bits per heavy atom. The average molecular weight is 570 g/mol. The highest BCUT2D eigenvalue weighted by molar-refractivity contribution is 5.97. The lowest BCUT2D eigenvalue weighted by Gasteiger charge is -2.14. The molecule has 0 radical (unpaired) electrons. The van der Waals surface area contributed by atoms with Crippen molar-refractivity contribution in [3.8, 4) is 17.1 Å². The van der Waals surface area contributed by atoms with E-state index in [-0.39, 0.29) is 35.5 Å². The van der Waals surface area contributed by atoms with Crippen molar-refractivity contribution in [3.63, 3.8) is 0 Å². The normalized spacial score (nSPS) is 14.4. The van der Waals surface area contributed by atoms with E-state index in [0.29, 0.717) is 28.7 Å². The molecule has 0 fully saturated rings. The molecule has 0 saturated heterocycles. The molecule has 1 aliphatic carbocycles. The zero-order chi connectivity index (χ0) is 29.3. The first-order valence-electron chi connectivity index (χ1n) is 12.4. The maximum atomic E-state index is 13.6. The molecule has 2 heterocycles. The van der Waals surface area contributed by atoms with Crippen LogP contribution in [-0.2, 0) is 26.2 Å². The molecule has 14 heteroatoms. The van der Waals surface area contributed by atoms with Crippen LogP contribution in [0.1, 0.15) is 56.0 Å². The van der Waals surface area contributed by atoms with Crippen LogP contribution >= 0.6 is 0 Å². The van der Waals surface area contributed by atoms with Crippen LogP contribution in [0.4, 0.5) is 17.6 Å². The minimum atomic E-state index is -4.62. The van der Waals surface area contributed by atoms with Crippen LogP contribution in [0.2, 0.25) is 0 Å². The SMILES string of the molecule is COc1cc(CNC(=O)c2cc(C(=O)N[C@H]3CCc4cc(-c5nc(C(F)(F)F)n(C)n5)ccc43)ncn2)ccc1F. The van der Waals surface area contributed by atoms with Gasteiger partial charge in [0.1, 0.15) is 17.7 Å². The van der Waals surface area contributed by atoms with Gasteiger partial charge < -0.3 is 15.4 Å². The summed E-state index contributed by atoms with van der Waals surface area (Å²) >= 11 is 0. The van der Waals surface area contributed by atoms with Crippen molar-refractivity contribution < 1.29 is 31.9 Å². The van der Waals surface area contributed by atoms with E-state index in [1.165, 1.54) is 38.4 Å². The Balaban J connectivity index is 1.25. The number of alkyl halides is 3. The average Bonchev–Trinajstić information content (AvgIpc) is 3.55. The summed E-state index contributed by atoms with van der Waals surface area (Å²) < 4.78 is 58.6. The highest BCUT2D eigenvalue weighted by atomic mass is 19.4. The highest BCUT2D eigenvalue weighted by Crippen LogP contribution is 2.35. The topological polar surface area (TPSA) is 124 Å². The Kier molecular flexibility index (Phi) is 7.39. The van der Waals surface area contributed by atoms with Gasteiger partial charge in [0.15, 0.2) is 17.4 Å². The lowest BCUT2D eigenvalue weighted by atomic mass is 10.0. The summed E-state index contributed by atoms with van der Waals surface area (Å²) in [6, 6.07) is 10.2. The summed E-state index contributed by atoms with van der Waals surface area (Å²) in [4.78, 5) is 37.2. The molecule has 2 aromatic heterocycles. The third-order valence-electron chi connectivity index (χ3n) is 6.60. The van der Waals surface area contributed by atoms with Gasteiger partial charge in [0.2, 0.25) is 5.82 Å². The van der Waals surface area contributed by atoms with Gasteiger partial charge in [-0.3, -0.25) is 9.59 Å². The highest BCUT2D eigenvalue weighted by Gasteiger charge is 2.37. The number of fused-ring (bicyclic) bond motifs is 1. The monoisotopic (exact) mass is 569 g/mol. The lowest BCUT2D eigenvalue weighted by Crippen LogP contribution is -2.29. The summed E-state index contributed by atoms with van der Waals surface area (Å²) in [5.74, 6) is -2.68. The maximum absolute atomic E-state index is 13.6. The number of aromatic nitrogens is 5. The molecule has 1 atom stereocenters. The Morgan fingerprint density at radius 3 is 2.54 bits per heavy atom. The molecule has 0 spiro atoms. The van der Waals surface area contributed by atoms with E-state index >= 15 is 0 Å². The number of carbonyl (C=O) groups is 2. The number of methoxy groups -OCH3 is 1. The van der Waals surface area contributed by atoms with Gasteiger partial charge in [-0.1, -0.05) is 18.2 Å². The number of hydrogen-bond acceptors (Lipinski definition) is 7. The van der Waals surface area contributed by atoms with Crippen LogP contribution in [0.5, 0.6) is 5.75 Å². The first-order chi connectivity index (χ1) is 19.5. The van der Waals surface area contributed by atoms with Crippen LogP contribution in [0.3, 0.4) is 0 Å². The van der Waals surface area contributed by atoms with E-state index < -0.39 is 29.6 Å². The maximum Gasteiger partial charge on any atom is 0.451 e. The summed E-state index contributed by atoms with van der Waals surface area (Å²) in [5, 5.41) is 9.44. The minimum absolute atomic E-state index is 0.0176. The van der Waals surface area contributed by atoms with Crippen molar-refractivity contribution in [1.82, 2.24) is 35.4 Å². The number of aryl methyl sites for hydroxylation is 2. The number of benzene rings is 2. The van der Waals surface area contributed by atoms with Crippen molar-refractivity contribution in [2.75, 3.05) is 7.11 Å². The molecule has 4 aromatic rings. The third kappa shape index (κ3) is 5.85. The fourth-order valence-corrected chi connectivity index (χ4v) is 4.59. The van der Waals surface area contributed by atoms with Crippen molar-refractivity contribution >= 4 is 11.8 Å². The van der Waals surface area contributed by atoms with Gasteiger partial charge in [0, 0.05) is 25.2 Å². The van der Waals surface area contributed by atoms with Gasteiger partial charge in [0.25, 0.3) is 11.8 Å². The molecule has 0 bridgehead atoms. The fraction of sp³-hybridized carbons (Fsp3) is 0.259. The lowest BCUT2D eigenvalue weighted by molar-refractivity contribution is -0.147. The molecule has 10 nitrogen and oxygen atoms in total. The second-order valence-corrected chi connectivity index (χ2v) is 9.30. The summed E-state index contributed by atoms with van der Waals surface area (Å²) in [6.07, 6.45) is -2.37. The van der Waals surface area contributed by atoms with E-state index in [4.69, 9.17) is 4.74 Å². The quantitative estimate of drug-likeness (QED) is 0.325. The third-order valence-corrected chi connectivity index (χ3v) is 6.60. The Labute approximate surface area is 230 Å². The van der Waals surface area contributed by atoms with Gasteiger partial charge in [-0.2, -0.15) is 18.3 Å². The zero-order valence-electron chi connectivity index (χ0n) is 21.8. The molecule has 2 aromatic carbocycles. The number of amides is 2. The van der Waals surface area contributed by atoms with Gasteiger partial charge in [-0.15, -0.1) is 0 Å². The second-order valence-electron chi connectivity index (χ2n) is 9.30. The molecule has 0 aliphatic heterocycles. The number of halogens is 4. The minimum Gasteiger partial charge on any atom is -0.494 e. The van der Waals surface area contributed by atoms with E-state index in [1.807, 2.05) is 0 Å². The Hall–Kier alpha value is -4.88. The van der Waals surface area contributed by atoms with E-state index in [2.05, 4.69) is 30.7 Å². The number of nitrogens with one attached hydrogen (secondary N) is 2. The first kappa shape index (κ1) is 27.7. The zero-order valence-corrected chi connectivity index (χ0v) is 21.8. The van der Waals surface area contributed by atoms with Crippen LogP contribution in [0.25, 0.3) is 11.4 Å². The van der Waals surface area contributed by atoms with Crippen molar-refractivity contribution in [3.05, 3.63) is 88.5 Å². The molecule has 2 N–H and O–H groups in total. The Morgan fingerprint density at radius 2 is 1.83 bits per heavy atom. The van der Waals surface area contributed by atoms with Crippen LogP contribution < -0.4 is 15.4 Å². The van der Waals surface area contributed by atoms with E-state index in [9.17, 15) is 27.2 Å². The largest absolute Gasteiger partial charge is 0.494 e. The standard InChI is InChI=1S/C27H23F4N7O3/c1-38-26(27(29,30)31)36-23(37-38)16-4-6-17-15(10-16)5-8-19(17)35-25(40)21-11-20(33-13-34-21)24(39)32-12-14-3-7-18(28)22(9-14)41-2/h3-4,6-7,9-11,13,19H,5,8,12H2,1-2H3,(H,32,39)(H,35,40)/t19-/m0/s1. The summed E-state index contributed by atoms with van der Waals surface area (Å²) in [5.41, 5.74) is 2.66. The summed E-state index contributed by atoms with van der Waals surface area (Å²) in [6.45, 7) is 0.0768. The first-order valence-corrected chi connectivity index (χ1v) is 12.4. The van der Waals surface area contributed by atoms with Crippen LogP contribution in [0, 0.1) is 5.82 Å². The molecule has 212 valence electrons. The molecule has 0 unspecified atom stereocenters. The number of nitrogens with zero attached hydrogens (tertiary/aromatic N) is 5. The molecule has 5 rings (SSSR count). The molecular formula is C27H23F4N7O3. The van der Waals surface area contributed by atoms with Crippen molar-refractivity contribution in [2.45, 2.75) is 31.6 Å². The van der Waals surface area contributed by atoms with Crippen molar-refractivity contribution in [1.29, 1.82) is 0 Å². The second kappa shape index (κ2) is 10.9. The molecule has 41 heavy (non-hydrogen) atoms. The van der Waals surface area contributed by atoms with Crippen LogP contribution in [-0.4, -0.2) is 43.7 Å². The number of rotatable bonds is 7. The number of ether oxygens (including phenoxy) is 1. The molecular weight excluding hydrogens is 546 g/mol. The van der Waals surface area contributed by atoms with Gasteiger partial charge in [-0.25, -0.2) is 24.0 Å². The van der Waals surface area contributed by atoms with Gasteiger partial charge in [0.05, 0.1) is 13.2 Å². The van der Waals surface area contributed by atoms with Gasteiger partial charge in [-0.05, 0) is 47.7 Å². The fourth-order valence-electron chi connectivity index (χ4n) is 4.59. The molecule has 1 aliphatic rings. The number of carbonyl (C=O) groups excluding carboxylic acids is 2.